The van der Waals surface area contributed by atoms with E-state index in [1.807, 2.05) is 0 Å². The lowest BCUT2D eigenvalue weighted by Gasteiger charge is -2.19. The summed E-state index contributed by atoms with van der Waals surface area (Å²) in [6.45, 7) is 2.08. The molecule has 0 saturated heterocycles. The van der Waals surface area contributed by atoms with Crippen LogP contribution in [0.3, 0.4) is 0 Å². The highest BCUT2D eigenvalue weighted by atomic mass is 19.3. The number of hydrogen-bond donors (Lipinski definition) is 0. The molecule has 0 fully saturated rings. The van der Waals surface area contributed by atoms with Gasteiger partial charge in [0.15, 0.2) is 11.6 Å². The molecule has 136 valence electrons. The van der Waals surface area contributed by atoms with Crippen molar-refractivity contribution in [2.24, 2.45) is 0 Å². The largest absolute Gasteiger partial charge is 0.497 e. The van der Waals surface area contributed by atoms with Gasteiger partial charge in [-0.15, -0.1) is 0 Å². The summed E-state index contributed by atoms with van der Waals surface area (Å²) < 4.78 is 57.7. The second-order valence-electron chi connectivity index (χ2n) is 5.57. The molecule has 0 unspecified atom stereocenters. The molecule has 0 aliphatic carbocycles. The van der Waals surface area contributed by atoms with E-state index in [1.165, 1.54) is 55.6 Å². The number of rotatable bonds is 6. The first-order chi connectivity index (χ1) is 12.4. The summed E-state index contributed by atoms with van der Waals surface area (Å²) in [7, 11) is 1.45. The average Bonchev–Trinajstić information content (AvgIpc) is 2.62. The zero-order chi connectivity index (χ0) is 18.7. The zero-order valence-electron chi connectivity index (χ0n) is 14.3. The standard InChI is InChI=1S/C20H17F3O3/c1-3-25-19-12-13-4-7-17(10-14(13)11-18(19)21)26-20(22,23)15-5-8-16(24-2)9-6-15/h4-12H,3H2,1-2H3. The third-order valence-corrected chi connectivity index (χ3v) is 3.83. The molecule has 0 aliphatic rings. The van der Waals surface area contributed by atoms with Gasteiger partial charge < -0.3 is 14.2 Å². The van der Waals surface area contributed by atoms with Gasteiger partial charge in [0.25, 0.3) is 0 Å². The van der Waals surface area contributed by atoms with E-state index < -0.39 is 11.9 Å². The predicted octanol–water partition coefficient (Wildman–Crippen LogP) is 5.51. The molecule has 3 aromatic carbocycles. The highest BCUT2D eigenvalue weighted by molar-refractivity contribution is 5.85. The molecular formula is C20H17F3O3. The summed E-state index contributed by atoms with van der Waals surface area (Å²) in [6.07, 6.45) is -3.54. The molecule has 0 saturated carbocycles. The van der Waals surface area contributed by atoms with E-state index in [9.17, 15) is 13.2 Å². The predicted molar refractivity (Wildman–Crippen MR) is 92.6 cm³/mol. The third kappa shape index (κ3) is 3.69. The van der Waals surface area contributed by atoms with Crippen LogP contribution in [-0.2, 0) is 6.11 Å². The Bertz CT molecular complexity index is 908. The van der Waals surface area contributed by atoms with E-state index in [4.69, 9.17) is 14.2 Å². The van der Waals surface area contributed by atoms with Crippen molar-refractivity contribution in [1.82, 2.24) is 0 Å². The monoisotopic (exact) mass is 362 g/mol. The maximum atomic E-state index is 14.4. The highest BCUT2D eigenvalue weighted by Gasteiger charge is 2.34. The van der Waals surface area contributed by atoms with Crippen molar-refractivity contribution in [2.45, 2.75) is 13.0 Å². The van der Waals surface area contributed by atoms with Gasteiger partial charge in [-0.1, -0.05) is 6.07 Å². The van der Waals surface area contributed by atoms with Gasteiger partial charge in [-0.25, -0.2) is 4.39 Å². The fourth-order valence-electron chi connectivity index (χ4n) is 2.55. The molecule has 0 bridgehead atoms. The van der Waals surface area contributed by atoms with Crippen molar-refractivity contribution >= 4 is 10.8 Å². The molecule has 0 atom stereocenters. The topological polar surface area (TPSA) is 27.7 Å². The molecule has 3 rings (SSSR count). The van der Waals surface area contributed by atoms with Gasteiger partial charge in [-0.3, -0.25) is 0 Å². The Labute approximate surface area is 148 Å². The maximum absolute atomic E-state index is 14.4. The first-order valence-corrected chi connectivity index (χ1v) is 8.00. The summed E-state index contributed by atoms with van der Waals surface area (Å²) >= 11 is 0. The number of hydrogen-bond acceptors (Lipinski definition) is 3. The Kier molecular flexibility index (Phi) is 4.93. The number of fused-ring (bicyclic) bond motifs is 1. The molecule has 0 N–H and O–H groups in total. The van der Waals surface area contributed by atoms with Crippen molar-refractivity contribution in [1.29, 1.82) is 0 Å². The molecule has 0 radical (unpaired) electrons. The summed E-state index contributed by atoms with van der Waals surface area (Å²) in [4.78, 5) is 0. The van der Waals surface area contributed by atoms with Crippen LogP contribution in [0.2, 0.25) is 0 Å². The number of halogens is 3. The van der Waals surface area contributed by atoms with Crippen molar-refractivity contribution in [3.05, 3.63) is 66.0 Å². The minimum atomic E-state index is -3.54. The summed E-state index contributed by atoms with van der Waals surface area (Å²) in [5, 5.41) is 1.10. The Morgan fingerprint density at radius 1 is 0.885 bits per heavy atom. The number of benzene rings is 3. The molecule has 3 nitrogen and oxygen atoms in total. The first-order valence-electron chi connectivity index (χ1n) is 8.00. The maximum Gasteiger partial charge on any atom is 0.426 e. The lowest BCUT2D eigenvalue weighted by molar-refractivity contribution is -0.185. The Morgan fingerprint density at radius 3 is 2.23 bits per heavy atom. The zero-order valence-corrected chi connectivity index (χ0v) is 14.3. The van der Waals surface area contributed by atoms with Crippen LogP contribution in [0.25, 0.3) is 10.8 Å². The number of methoxy groups -OCH3 is 1. The van der Waals surface area contributed by atoms with Crippen LogP contribution in [0.15, 0.2) is 54.6 Å². The van der Waals surface area contributed by atoms with Crippen LogP contribution >= 0.6 is 0 Å². The van der Waals surface area contributed by atoms with Crippen LogP contribution in [0.5, 0.6) is 17.2 Å². The molecule has 0 amide bonds. The first kappa shape index (κ1) is 17.9. The van der Waals surface area contributed by atoms with Crippen LogP contribution in [0, 0.1) is 5.82 Å². The summed E-state index contributed by atoms with van der Waals surface area (Å²) in [5.41, 5.74) is -0.309. The fraction of sp³-hybridized carbons (Fsp3) is 0.200. The quantitative estimate of drug-likeness (QED) is 0.578. The van der Waals surface area contributed by atoms with Crippen molar-refractivity contribution in [3.8, 4) is 17.2 Å². The molecule has 26 heavy (non-hydrogen) atoms. The molecule has 0 spiro atoms. The van der Waals surface area contributed by atoms with E-state index in [-0.39, 0.29) is 17.1 Å². The minimum Gasteiger partial charge on any atom is -0.497 e. The molecule has 6 heteroatoms. The molecular weight excluding hydrogens is 345 g/mol. The molecule has 0 aromatic heterocycles. The van der Waals surface area contributed by atoms with E-state index in [0.29, 0.717) is 23.1 Å². The lowest BCUT2D eigenvalue weighted by atomic mass is 10.1. The normalized spacial score (nSPS) is 11.4. The SMILES string of the molecule is CCOc1cc2ccc(OC(F)(F)c3ccc(OC)cc3)cc2cc1F. The Balaban J connectivity index is 1.88. The van der Waals surface area contributed by atoms with E-state index in [1.54, 1.807) is 13.0 Å². The average molecular weight is 362 g/mol. The van der Waals surface area contributed by atoms with E-state index in [2.05, 4.69) is 0 Å². The Morgan fingerprint density at radius 2 is 1.58 bits per heavy atom. The Hall–Kier alpha value is -2.89. The second-order valence-corrected chi connectivity index (χ2v) is 5.57. The van der Waals surface area contributed by atoms with Crippen LogP contribution in [0.4, 0.5) is 13.2 Å². The molecule has 0 heterocycles. The molecule has 3 aromatic rings. The van der Waals surface area contributed by atoms with Gasteiger partial charge in [0, 0.05) is 0 Å². The van der Waals surface area contributed by atoms with Crippen LogP contribution < -0.4 is 14.2 Å². The van der Waals surface area contributed by atoms with Gasteiger partial charge in [-0.2, -0.15) is 8.78 Å². The van der Waals surface area contributed by atoms with Crippen molar-refractivity contribution in [3.63, 3.8) is 0 Å². The van der Waals surface area contributed by atoms with Gasteiger partial charge in [0.2, 0.25) is 0 Å². The van der Waals surface area contributed by atoms with Gasteiger partial charge in [0.1, 0.15) is 11.5 Å². The summed E-state index contributed by atoms with van der Waals surface area (Å²) in [6, 6.07) is 12.4. The number of alkyl halides is 2. The lowest BCUT2D eigenvalue weighted by Crippen LogP contribution is -2.21. The van der Waals surface area contributed by atoms with Crippen molar-refractivity contribution in [2.75, 3.05) is 13.7 Å². The van der Waals surface area contributed by atoms with E-state index >= 15 is 0 Å². The second kappa shape index (κ2) is 7.15. The van der Waals surface area contributed by atoms with Crippen LogP contribution in [0.1, 0.15) is 12.5 Å². The third-order valence-electron chi connectivity index (χ3n) is 3.83. The van der Waals surface area contributed by atoms with Gasteiger partial charge in [-0.05, 0) is 66.2 Å². The smallest absolute Gasteiger partial charge is 0.426 e. The van der Waals surface area contributed by atoms with Gasteiger partial charge >= 0.3 is 6.11 Å². The summed E-state index contributed by atoms with van der Waals surface area (Å²) in [5.74, 6) is -0.0339. The fourth-order valence-corrected chi connectivity index (χ4v) is 2.55. The van der Waals surface area contributed by atoms with Crippen molar-refractivity contribution < 1.29 is 27.4 Å². The van der Waals surface area contributed by atoms with Crippen LogP contribution in [-0.4, -0.2) is 13.7 Å². The van der Waals surface area contributed by atoms with E-state index in [0.717, 1.165) is 0 Å². The number of ether oxygens (including phenoxy) is 3. The van der Waals surface area contributed by atoms with Gasteiger partial charge in [0.05, 0.1) is 19.3 Å². The minimum absolute atomic E-state index is 0.0677. The molecule has 0 aliphatic heterocycles. The highest BCUT2D eigenvalue weighted by Crippen LogP contribution is 2.34.